The van der Waals surface area contributed by atoms with Crippen LogP contribution in [0.5, 0.6) is 0 Å². The van der Waals surface area contributed by atoms with Crippen LogP contribution in [0.4, 0.5) is 0 Å². The summed E-state index contributed by atoms with van der Waals surface area (Å²) >= 11 is 0. The van der Waals surface area contributed by atoms with Crippen molar-refractivity contribution >= 4 is 58.7 Å². The summed E-state index contributed by atoms with van der Waals surface area (Å²) in [5.74, 6) is -9.19. The number of hydrogen-bond acceptors (Lipinski definition) is 23. The molecule has 1 heterocycles. The van der Waals surface area contributed by atoms with E-state index >= 15 is 0 Å². The minimum Gasteiger partial charge on any atom is -0.394 e. The topological polar surface area (TPSA) is 447 Å². The fourth-order valence-electron chi connectivity index (χ4n) is 9.51. The van der Waals surface area contributed by atoms with Gasteiger partial charge in [-0.1, -0.05) is 59.3 Å². The van der Waals surface area contributed by atoms with Gasteiger partial charge in [0, 0.05) is 149 Å². The van der Waals surface area contributed by atoms with Crippen molar-refractivity contribution < 1.29 is 91.7 Å². The Bertz CT molecular complexity index is 2070. The van der Waals surface area contributed by atoms with Crippen LogP contribution in [0.25, 0.3) is 0 Å². The molecule has 16 N–H and O–H groups in total. The number of rotatable bonds is 59. The maximum atomic E-state index is 14.3. The molecule has 1 aliphatic rings. The predicted octanol–water partition coefficient (Wildman–Crippen LogP) is -2.72. The van der Waals surface area contributed by atoms with Crippen LogP contribution in [0.2, 0.25) is 0 Å². The van der Waals surface area contributed by atoms with E-state index in [0.717, 1.165) is 51.4 Å². The van der Waals surface area contributed by atoms with Crippen molar-refractivity contribution in [2.75, 3.05) is 145 Å². The van der Waals surface area contributed by atoms with Crippen molar-refractivity contribution in [3.05, 3.63) is 0 Å². The molecular weight excluding hydrogens is 1190 g/mol. The monoisotopic (exact) mass is 1300 g/mol. The van der Waals surface area contributed by atoms with Crippen LogP contribution in [-0.2, 0) is 76.4 Å². The second-order valence-corrected chi connectivity index (χ2v) is 22.6. The van der Waals surface area contributed by atoms with Crippen LogP contribution in [0.3, 0.4) is 0 Å². The number of amides is 7. The Morgan fingerprint density at radius 2 is 0.934 bits per heavy atom. The Balaban J connectivity index is 2.85. The third-order valence-corrected chi connectivity index (χ3v) is 14.6. The Kier molecular flexibility index (Phi) is 49.9. The quantitative estimate of drug-likeness (QED) is 0.0275. The highest BCUT2D eigenvalue weighted by atomic mass is 16.7. The maximum Gasteiger partial charge on any atom is 0.224 e. The Morgan fingerprint density at radius 3 is 1.51 bits per heavy atom. The summed E-state index contributed by atoms with van der Waals surface area (Å²) in [6.45, 7) is 11.4. The van der Waals surface area contributed by atoms with Crippen LogP contribution >= 0.6 is 0 Å². The molecular formula is C61H113N11O19. The fourth-order valence-corrected chi connectivity index (χ4v) is 9.51. The SMILES string of the molecule is CCCCCCNC(=O)CC(CC(=O)CC(C)C(=O)NCCCCCC)C(=O)CC(CC(=O)CC(CC(=O)NCCNCCN)C(=O)NCCOCCOCCC(=O)NCCOCCOCCOC1OC(CO)C(O)C(O)C1NC(C)=O)C(=O)NCCNCCN. The molecule has 1 saturated heterocycles. The van der Waals surface area contributed by atoms with Gasteiger partial charge in [0.15, 0.2) is 6.29 Å². The van der Waals surface area contributed by atoms with E-state index in [-0.39, 0.29) is 130 Å². The third kappa shape index (κ3) is 41.9. The first kappa shape index (κ1) is 83.8. The molecule has 0 radical (unpaired) electrons. The first-order valence-corrected chi connectivity index (χ1v) is 32.6. The zero-order chi connectivity index (χ0) is 67.4. The lowest BCUT2D eigenvalue weighted by molar-refractivity contribution is -0.272. The minimum absolute atomic E-state index is 0.00612. The molecule has 0 aromatic carbocycles. The first-order valence-electron chi connectivity index (χ1n) is 32.6. The van der Waals surface area contributed by atoms with E-state index in [2.05, 4.69) is 61.7 Å². The lowest BCUT2D eigenvalue weighted by Gasteiger charge is -2.42. The van der Waals surface area contributed by atoms with Crippen LogP contribution in [0.15, 0.2) is 0 Å². The van der Waals surface area contributed by atoms with Crippen LogP contribution in [0, 0.1) is 23.7 Å². The molecule has 526 valence electrons. The predicted molar refractivity (Wildman–Crippen MR) is 336 cm³/mol. The summed E-state index contributed by atoms with van der Waals surface area (Å²) in [7, 11) is 0. The molecule has 0 spiro atoms. The summed E-state index contributed by atoms with van der Waals surface area (Å²) in [5.41, 5.74) is 11.1. The van der Waals surface area contributed by atoms with Crippen molar-refractivity contribution in [2.24, 2.45) is 35.1 Å². The van der Waals surface area contributed by atoms with Crippen molar-refractivity contribution in [1.82, 2.24) is 47.9 Å². The Hall–Kier alpha value is -5.22. The van der Waals surface area contributed by atoms with Gasteiger partial charge in [-0.3, -0.25) is 47.9 Å². The van der Waals surface area contributed by atoms with Gasteiger partial charge in [0.1, 0.15) is 41.7 Å². The van der Waals surface area contributed by atoms with E-state index in [0.29, 0.717) is 52.4 Å². The summed E-state index contributed by atoms with van der Waals surface area (Å²) in [6.07, 6.45) is -0.356. The molecule has 91 heavy (non-hydrogen) atoms. The number of aliphatic hydroxyl groups excluding tert-OH is 3. The number of carbonyl (C=O) groups is 10. The van der Waals surface area contributed by atoms with Gasteiger partial charge < -0.3 is 103 Å². The molecule has 0 saturated carbocycles. The molecule has 9 unspecified atom stereocenters. The molecule has 7 amide bonds. The largest absolute Gasteiger partial charge is 0.394 e. The van der Waals surface area contributed by atoms with Gasteiger partial charge in [0.25, 0.3) is 0 Å². The van der Waals surface area contributed by atoms with Gasteiger partial charge >= 0.3 is 0 Å². The van der Waals surface area contributed by atoms with Crippen molar-refractivity contribution in [1.29, 1.82) is 0 Å². The molecule has 30 nitrogen and oxygen atoms in total. The lowest BCUT2D eigenvalue weighted by atomic mass is 9.84. The van der Waals surface area contributed by atoms with Gasteiger partial charge in [0.2, 0.25) is 41.4 Å². The first-order chi connectivity index (χ1) is 43.8. The summed E-state index contributed by atoms with van der Waals surface area (Å²) in [4.78, 5) is 133. The summed E-state index contributed by atoms with van der Waals surface area (Å²) in [5, 5.41) is 55.2. The van der Waals surface area contributed by atoms with Crippen LogP contribution in [0.1, 0.15) is 130 Å². The number of nitrogens with one attached hydrogen (secondary N) is 9. The number of nitrogens with two attached hydrogens (primary N) is 2. The van der Waals surface area contributed by atoms with Gasteiger partial charge in [-0.15, -0.1) is 0 Å². The second-order valence-electron chi connectivity index (χ2n) is 22.6. The number of aliphatic hydroxyl groups is 3. The third-order valence-electron chi connectivity index (χ3n) is 14.6. The van der Waals surface area contributed by atoms with Crippen LogP contribution in [-0.4, -0.2) is 249 Å². The Morgan fingerprint density at radius 1 is 0.473 bits per heavy atom. The number of ketones is 3. The zero-order valence-electron chi connectivity index (χ0n) is 54.6. The summed E-state index contributed by atoms with van der Waals surface area (Å²) < 4.78 is 33.2. The molecule has 0 aliphatic carbocycles. The standard InChI is InChI=1S/C61H113N11O19/c1-5-7-9-11-16-66-53(79)40-45(36-48(75)35-43(3)58(83)69-17-12-10-8-6-2)50(77)39-46(59(84)70-23-21-65-19-15-63)37-49(76)38-47(41-54(80)67-22-20-64-18-14-62)60(85)71-25-28-88-30-29-86-26-13-52(78)68-24-27-87-31-32-89-33-34-90-61-55(72-44(4)74)57(82)56(81)51(42-73)91-61/h43,45-47,51,55-57,61,64-65,73,81-82H,5-42,62-63H2,1-4H3,(H,66,79)(H,67,80)(H,68,78)(H,69,83)(H,70,84)(H,71,85)(H,72,74). The van der Waals surface area contributed by atoms with E-state index in [1.54, 1.807) is 6.92 Å². The number of Topliss-reactive ketones (excluding diaryl/α,β-unsaturated/α-hetero) is 3. The normalized spacial score (nSPS) is 17.6. The molecule has 1 fully saturated rings. The fraction of sp³-hybridized carbons (Fsp3) is 0.836. The molecule has 1 aliphatic heterocycles. The van der Waals surface area contributed by atoms with E-state index in [4.69, 9.17) is 39.9 Å². The average molecular weight is 1300 g/mol. The van der Waals surface area contributed by atoms with Gasteiger partial charge in [0.05, 0.1) is 77.9 Å². The highest BCUT2D eigenvalue weighted by Crippen LogP contribution is 2.24. The van der Waals surface area contributed by atoms with Gasteiger partial charge in [-0.25, -0.2) is 0 Å². The number of unbranched alkanes of at least 4 members (excludes halogenated alkanes) is 6. The van der Waals surface area contributed by atoms with Crippen LogP contribution < -0.4 is 59.3 Å². The van der Waals surface area contributed by atoms with E-state index in [9.17, 15) is 63.3 Å². The molecule has 1 rings (SSSR count). The average Bonchev–Trinajstić information content (AvgIpc) is 0.896. The highest BCUT2D eigenvalue weighted by Gasteiger charge is 2.45. The van der Waals surface area contributed by atoms with Crippen molar-refractivity contribution in [2.45, 2.75) is 161 Å². The molecule has 0 aromatic rings. The van der Waals surface area contributed by atoms with Crippen molar-refractivity contribution in [3.63, 3.8) is 0 Å². The van der Waals surface area contributed by atoms with E-state index in [1.165, 1.54) is 6.92 Å². The second kappa shape index (κ2) is 54.2. The molecule has 0 bridgehead atoms. The Labute approximate surface area is 537 Å². The number of carbonyl (C=O) groups excluding carboxylic acids is 10. The lowest BCUT2D eigenvalue weighted by Crippen LogP contribution is -2.64. The van der Waals surface area contributed by atoms with Gasteiger partial charge in [-0.2, -0.15) is 0 Å². The zero-order valence-corrected chi connectivity index (χ0v) is 54.6. The van der Waals surface area contributed by atoms with Crippen molar-refractivity contribution in [3.8, 4) is 0 Å². The number of hydrogen-bond donors (Lipinski definition) is 14. The highest BCUT2D eigenvalue weighted by molar-refractivity contribution is 5.97. The minimum atomic E-state index is -1.43. The van der Waals surface area contributed by atoms with E-state index in [1.807, 2.05) is 0 Å². The maximum absolute atomic E-state index is 14.3. The van der Waals surface area contributed by atoms with E-state index < -0.39 is 127 Å². The number of ether oxygens (including phenoxy) is 6. The van der Waals surface area contributed by atoms with Gasteiger partial charge in [-0.05, 0) is 12.8 Å². The molecule has 30 heteroatoms. The molecule has 0 aromatic heterocycles. The summed E-state index contributed by atoms with van der Waals surface area (Å²) in [6, 6.07) is -1.06. The smallest absolute Gasteiger partial charge is 0.224 e. The molecule has 9 atom stereocenters.